The molecule has 6 nitrogen and oxygen atoms in total. The van der Waals surface area contributed by atoms with E-state index in [2.05, 4.69) is 5.48 Å². The molecule has 0 radical (unpaired) electrons. The zero-order valence-corrected chi connectivity index (χ0v) is 13.7. The average molecular weight is 330 g/mol. The van der Waals surface area contributed by atoms with Crippen LogP contribution in [-0.4, -0.2) is 29.6 Å². The fraction of sp³-hybridized carbons (Fsp3) is 0.444. The van der Waals surface area contributed by atoms with Gasteiger partial charge in [-0.1, -0.05) is 24.3 Å². The second kappa shape index (κ2) is 7.59. The Kier molecular flexibility index (Phi) is 5.27. The third-order valence-electron chi connectivity index (χ3n) is 4.29. The minimum atomic E-state index is -0.384. The van der Waals surface area contributed by atoms with Gasteiger partial charge in [0.2, 0.25) is 11.8 Å². The van der Waals surface area contributed by atoms with Crippen LogP contribution >= 0.6 is 0 Å². The molecule has 1 N–H and O–H groups in total. The maximum absolute atomic E-state index is 12.3. The van der Waals surface area contributed by atoms with Crippen molar-refractivity contribution in [1.29, 1.82) is 0 Å². The molecule has 0 bridgehead atoms. The number of carbonyl (C=O) groups is 2. The van der Waals surface area contributed by atoms with Gasteiger partial charge in [0.15, 0.2) is 6.29 Å². The maximum Gasteiger partial charge on any atom is 0.246 e. The number of hydrogen-bond acceptors (Lipinski definition) is 4. The lowest BCUT2D eigenvalue weighted by Crippen LogP contribution is -2.37. The summed E-state index contributed by atoms with van der Waals surface area (Å²) in [5, 5.41) is 0. The first kappa shape index (κ1) is 16.7. The van der Waals surface area contributed by atoms with Gasteiger partial charge in [0, 0.05) is 26.2 Å². The summed E-state index contributed by atoms with van der Waals surface area (Å²) >= 11 is 0. The van der Waals surface area contributed by atoms with E-state index in [0.29, 0.717) is 6.61 Å². The highest BCUT2D eigenvalue weighted by Crippen LogP contribution is 2.32. The maximum atomic E-state index is 12.3. The van der Waals surface area contributed by atoms with Crippen LogP contribution < -0.4 is 5.48 Å². The van der Waals surface area contributed by atoms with E-state index in [1.807, 2.05) is 30.3 Å². The van der Waals surface area contributed by atoms with Gasteiger partial charge in [-0.15, -0.1) is 0 Å². The number of nitrogens with zero attached hydrogens (tertiary/aromatic N) is 1. The predicted molar refractivity (Wildman–Crippen MR) is 88.2 cm³/mol. The molecule has 0 aromatic heterocycles. The van der Waals surface area contributed by atoms with E-state index in [1.165, 1.54) is 6.92 Å². The number of carbonyl (C=O) groups excluding carboxylic acids is 2. The van der Waals surface area contributed by atoms with E-state index in [4.69, 9.17) is 9.57 Å². The van der Waals surface area contributed by atoms with Crippen LogP contribution in [0.5, 0.6) is 0 Å². The third-order valence-corrected chi connectivity index (χ3v) is 4.29. The van der Waals surface area contributed by atoms with Gasteiger partial charge in [-0.25, -0.2) is 10.3 Å². The fourth-order valence-electron chi connectivity index (χ4n) is 3.07. The smallest absolute Gasteiger partial charge is 0.246 e. The summed E-state index contributed by atoms with van der Waals surface area (Å²) in [7, 11) is 0. The lowest BCUT2D eigenvalue weighted by molar-refractivity contribution is -0.200. The quantitative estimate of drug-likeness (QED) is 0.862. The highest BCUT2D eigenvalue weighted by molar-refractivity contribution is 5.81. The van der Waals surface area contributed by atoms with Crippen LogP contribution in [0.25, 0.3) is 6.08 Å². The molecule has 6 heteroatoms. The van der Waals surface area contributed by atoms with Crippen molar-refractivity contribution in [2.24, 2.45) is 0 Å². The molecule has 1 fully saturated rings. The first-order chi connectivity index (χ1) is 11.6. The van der Waals surface area contributed by atoms with Gasteiger partial charge in [-0.2, -0.15) is 0 Å². The molecule has 2 amide bonds. The van der Waals surface area contributed by atoms with Crippen LogP contribution in [-0.2, 0) is 19.2 Å². The Labute approximate surface area is 141 Å². The Morgan fingerprint density at radius 3 is 2.92 bits per heavy atom. The highest BCUT2D eigenvalue weighted by Gasteiger charge is 2.28. The second-order valence-electron chi connectivity index (χ2n) is 6.03. The van der Waals surface area contributed by atoms with Crippen molar-refractivity contribution in [1.82, 2.24) is 10.4 Å². The number of fused-ring (bicyclic) bond motifs is 1. The minimum Gasteiger partial charge on any atom is -0.350 e. The summed E-state index contributed by atoms with van der Waals surface area (Å²) in [6, 6.07) is 7.43. The van der Waals surface area contributed by atoms with Crippen molar-refractivity contribution in [3.05, 3.63) is 41.6 Å². The Bertz CT molecular complexity index is 638. The molecule has 0 saturated carbocycles. The first-order valence-electron chi connectivity index (χ1n) is 8.27. The SMILES string of the molecule is CC(=O)N1C=Cc2ccccc2[C@H]1CC(=O)NO[C@@H]1CCCCO1. The van der Waals surface area contributed by atoms with Crippen LogP contribution in [0.15, 0.2) is 30.5 Å². The van der Waals surface area contributed by atoms with Crippen LogP contribution in [0, 0.1) is 0 Å². The third kappa shape index (κ3) is 3.83. The van der Waals surface area contributed by atoms with Crippen LogP contribution in [0.1, 0.15) is 49.8 Å². The van der Waals surface area contributed by atoms with E-state index in [1.54, 1.807) is 11.1 Å². The summed E-state index contributed by atoms with van der Waals surface area (Å²) in [6.07, 6.45) is 6.19. The van der Waals surface area contributed by atoms with E-state index in [9.17, 15) is 9.59 Å². The standard InChI is InChI=1S/C18H22N2O4/c1-13(21)20-10-9-14-6-2-3-7-15(14)16(20)12-17(22)19-24-18-8-4-5-11-23-18/h2-3,6-7,9-10,16,18H,4-5,8,11-12H2,1H3,(H,19,22)/t16-,18-/m1/s1. The van der Waals surface area contributed by atoms with Gasteiger partial charge in [0.05, 0.1) is 12.5 Å². The molecule has 24 heavy (non-hydrogen) atoms. The lowest BCUT2D eigenvalue weighted by atomic mass is 9.93. The molecule has 1 aromatic carbocycles. The van der Waals surface area contributed by atoms with Gasteiger partial charge < -0.3 is 9.64 Å². The number of ether oxygens (including phenoxy) is 1. The number of hydroxylamine groups is 1. The predicted octanol–water partition coefficient (Wildman–Crippen LogP) is 2.53. The lowest BCUT2D eigenvalue weighted by Gasteiger charge is -2.32. The van der Waals surface area contributed by atoms with Crippen molar-refractivity contribution in [3.8, 4) is 0 Å². The van der Waals surface area contributed by atoms with Gasteiger partial charge >= 0.3 is 0 Å². The Hall–Kier alpha value is -2.18. The molecule has 2 heterocycles. The molecule has 3 rings (SSSR count). The molecule has 1 aromatic rings. The average Bonchev–Trinajstić information content (AvgIpc) is 2.61. The van der Waals surface area contributed by atoms with Gasteiger partial charge in [0.1, 0.15) is 0 Å². The highest BCUT2D eigenvalue weighted by atomic mass is 16.8. The van der Waals surface area contributed by atoms with E-state index in [0.717, 1.165) is 30.4 Å². The van der Waals surface area contributed by atoms with E-state index >= 15 is 0 Å². The van der Waals surface area contributed by atoms with Gasteiger partial charge in [-0.3, -0.25) is 9.59 Å². The molecule has 128 valence electrons. The fourth-order valence-corrected chi connectivity index (χ4v) is 3.07. The summed E-state index contributed by atoms with van der Waals surface area (Å²) in [4.78, 5) is 31.1. The monoisotopic (exact) mass is 330 g/mol. The molecule has 2 atom stereocenters. The zero-order valence-electron chi connectivity index (χ0n) is 13.7. The molecule has 2 aliphatic rings. The van der Waals surface area contributed by atoms with Crippen molar-refractivity contribution in [2.45, 2.75) is 44.9 Å². The van der Waals surface area contributed by atoms with Crippen LogP contribution in [0.4, 0.5) is 0 Å². The van der Waals surface area contributed by atoms with Crippen molar-refractivity contribution >= 4 is 17.9 Å². The molecular weight excluding hydrogens is 308 g/mol. The van der Waals surface area contributed by atoms with Crippen LogP contribution in [0.2, 0.25) is 0 Å². The number of rotatable bonds is 4. The Morgan fingerprint density at radius 2 is 2.17 bits per heavy atom. The summed E-state index contributed by atoms with van der Waals surface area (Å²) < 4.78 is 5.42. The van der Waals surface area contributed by atoms with E-state index in [-0.39, 0.29) is 30.6 Å². The van der Waals surface area contributed by atoms with Crippen LogP contribution in [0.3, 0.4) is 0 Å². The normalized spacial score (nSPS) is 22.8. The molecule has 0 aliphatic carbocycles. The number of amides is 2. The molecule has 0 unspecified atom stereocenters. The zero-order chi connectivity index (χ0) is 16.9. The first-order valence-corrected chi connectivity index (χ1v) is 8.27. The molecular formula is C18H22N2O4. The number of nitrogens with one attached hydrogen (secondary N) is 1. The Morgan fingerprint density at radius 1 is 1.33 bits per heavy atom. The minimum absolute atomic E-state index is 0.102. The summed E-state index contributed by atoms with van der Waals surface area (Å²) in [5.74, 6) is -0.374. The number of benzene rings is 1. The largest absolute Gasteiger partial charge is 0.350 e. The molecule has 1 saturated heterocycles. The summed E-state index contributed by atoms with van der Waals surface area (Å²) in [6.45, 7) is 2.15. The molecule has 0 spiro atoms. The Balaban J connectivity index is 1.65. The van der Waals surface area contributed by atoms with Crippen molar-refractivity contribution < 1.29 is 19.2 Å². The number of hydrogen-bond donors (Lipinski definition) is 1. The second-order valence-corrected chi connectivity index (χ2v) is 6.03. The summed E-state index contributed by atoms with van der Waals surface area (Å²) in [5.41, 5.74) is 4.44. The van der Waals surface area contributed by atoms with Crippen molar-refractivity contribution in [3.63, 3.8) is 0 Å². The molecule has 2 aliphatic heterocycles. The van der Waals surface area contributed by atoms with E-state index < -0.39 is 0 Å². The topological polar surface area (TPSA) is 67.9 Å². The van der Waals surface area contributed by atoms with Gasteiger partial charge in [0.25, 0.3) is 0 Å². The van der Waals surface area contributed by atoms with Gasteiger partial charge in [-0.05, 0) is 30.0 Å². The van der Waals surface area contributed by atoms with Crippen molar-refractivity contribution in [2.75, 3.05) is 6.61 Å².